The molecular weight excluding hydrogens is 296 g/mol. The van der Waals surface area contributed by atoms with Crippen molar-refractivity contribution in [1.29, 1.82) is 0 Å². The van der Waals surface area contributed by atoms with Gasteiger partial charge in [0.05, 0.1) is 6.33 Å². The molecule has 125 valence electrons. The van der Waals surface area contributed by atoms with E-state index in [1.54, 1.807) is 0 Å². The molecule has 0 saturated heterocycles. The fourth-order valence-corrected chi connectivity index (χ4v) is 2.88. The Morgan fingerprint density at radius 3 is 2.71 bits per heavy atom. The van der Waals surface area contributed by atoms with Gasteiger partial charge in [0, 0.05) is 13.0 Å². The Labute approximate surface area is 144 Å². The third-order valence-electron chi connectivity index (χ3n) is 4.31. The van der Waals surface area contributed by atoms with Crippen molar-refractivity contribution in [3.8, 4) is 0 Å². The molecule has 2 heterocycles. The van der Waals surface area contributed by atoms with Crippen molar-refractivity contribution in [2.24, 2.45) is 0 Å². The average Bonchev–Trinajstić information content (AvgIpc) is 3.03. The van der Waals surface area contributed by atoms with Gasteiger partial charge in [-0.25, -0.2) is 15.0 Å². The van der Waals surface area contributed by atoms with Gasteiger partial charge in [-0.05, 0) is 31.2 Å². The van der Waals surface area contributed by atoms with Crippen LogP contribution in [-0.4, -0.2) is 19.5 Å². The Hall–Kier alpha value is -2.23. The van der Waals surface area contributed by atoms with E-state index >= 15 is 0 Å². The molecule has 24 heavy (non-hydrogen) atoms. The quantitative estimate of drug-likeness (QED) is 0.549. The van der Waals surface area contributed by atoms with Crippen LogP contribution in [0.2, 0.25) is 0 Å². The minimum atomic E-state index is 0.778. The highest BCUT2D eigenvalue weighted by atomic mass is 15.1. The lowest BCUT2D eigenvalue weighted by molar-refractivity contribution is 0.596. The Morgan fingerprint density at radius 1 is 1.00 bits per heavy atom. The highest BCUT2D eigenvalue weighted by Gasteiger charge is 2.06. The van der Waals surface area contributed by atoms with E-state index in [1.165, 1.54) is 18.4 Å². The molecule has 4 nitrogen and oxygen atoms in total. The van der Waals surface area contributed by atoms with Crippen molar-refractivity contribution in [3.63, 3.8) is 0 Å². The summed E-state index contributed by atoms with van der Waals surface area (Å²) >= 11 is 0. The summed E-state index contributed by atoms with van der Waals surface area (Å²) in [6.07, 6.45) is 12.9. The normalized spacial score (nSPS) is 11.2. The van der Waals surface area contributed by atoms with E-state index in [0.29, 0.717) is 0 Å². The van der Waals surface area contributed by atoms with Crippen molar-refractivity contribution in [1.82, 2.24) is 19.5 Å². The number of fused-ring (bicyclic) bond motifs is 1. The van der Waals surface area contributed by atoms with Crippen LogP contribution in [0.25, 0.3) is 11.2 Å². The number of benzene rings is 1. The number of imidazole rings is 1. The van der Waals surface area contributed by atoms with Crippen LogP contribution < -0.4 is 0 Å². The standard InChI is InChI=1S/C20H25N4/c1-2-3-13-19-21-15-18-20(23-19)22-16-24(18)14-9-5-8-12-17-10-6-4-7-11-17/h4,6-7,10-11,16H,2-3,5,8-9,12-14H2,1H3. The van der Waals surface area contributed by atoms with Crippen LogP contribution in [0.3, 0.4) is 0 Å². The minimum Gasteiger partial charge on any atom is -0.327 e. The highest BCUT2D eigenvalue weighted by molar-refractivity contribution is 5.68. The Morgan fingerprint density at radius 2 is 1.88 bits per heavy atom. The van der Waals surface area contributed by atoms with Gasteiger partial charge in [-0.15, -0.1) is 0 Å². The number of hydrogen-bond donors (Lipinski definition) is 0. The number of aromatic nitrogens is 4. The summed E-state index contributed by atoms with van der Waals surface area (Å²) in [5.74, 6) is 0.859. The van der Waals surface area contributed by atoms with E-state index in [0.717, 1.165) is 55.6 Å². The molecule has 1 aromatic carbocycles. The maximum Gasteiger partial charge on any atom is 0.181 e. The first-order valence-corrected chi connectivity index (χ1v) is 9.00. The molecule has 0 amide bonds. The van der Waals surface area contributed by atoms with E-state index in [1.807, 2.05) is 6.33 Å². The lowest BCUT2D eigenvalue weighted by Crippen LogP contribution is -2.00. The number of rotatable bonds is 9. The van der Waals surface area contributed by atoms with Gasteiger partial charge in [-0.1, -0.05) is 50.1 Å². The average molecular weight is 321 g/mol. The first-order chi connectivity index (χ1) is 11.9. The first kappa shape index (κ1) is 16.6. The van der Waals surface area contributed by atoms with E-state index in [9.17, 15) is 0 Å². The van der Waals surface area contributed by atoms with E-state index in [4.69, 9.17) is 0 Å². The minimum absolute atomic E-state index is 0.778. The molecule has 0 spiro atoms. The van der Waals surface area contributed by atoms with Gasteiger partial charge < -0.3 is 4.57 Å². The molecule has 0 bridgehead atoms. The molecule has 1 radical (unpaired) electrons. The fourth-order valence-electron chi connectivity index (χ4n) is 2.88. The summed E-state index contributed by atoms with van der Waals surface area (Å²) in [6.45, 7) is 3.13. The second-order valence-corrected chi connectivity index (χ2v) is 6.26. The van der Waals surface area contributed by atoms with Crippen LogP contribution >= 0.6 is 0 Å². The molecule has 0 N–H and O–H groups in total. The summed E-state index contributed by atoms with van der Waals surface area (Å²) < 4.78 is 2.13. The zero-order chi connectivity index (χ0) is 16.6. The molecule has 0 unspecified atom stereocenters. The Kier molecular flexibility index (Phi) is 5.94. The Bertz CT molecular complexity index is 749. The largest absolute Gasteiger partial charge is 0.327 e. The molecule has 0 fully saturated rings. The molecule has 0 saturated carbocycles. The fraction of sp³-hybridized carbons (Fsp3) is 0.450. The van der Waals surface area contributed by atoms with Crippen molar-refractivity contribution in [3.05, 3.63) is 54.2 Å². The zero-order valence-corrected chi connectivity index (χ0v) is 14.4. The van der Waals surface area contributed by atoms with Gasteiger partial charge in [-0.3, -0.25) is 0 Å². The molecule has 2 aromatic heterocycles. The van der Waals surface area contributed by atoms with Gasteiger partial charge >= 0.3 is 0 Å². The summed E-state index contributed by atoms with van der Waals surface area (Å²) in [5, 5.41) is 0. The molecule has 3 rings (SSSR count). The van der Waals surface area contributed by atoms with Gasteiger partial charge in [0.25, 0.3) is 0 Å². The molecule has 0 aliphatic rings. The second kappa shape index (κ2) is 8.57. The summed E-state index contributed by atoms with van der Waals surface area (Å²) in [5.41, 5.74) is 3.13. The molecule has 0 aliphatic heterocycles. The summed E-state index contributed by atoms with van der Waals surface area (Å²) in [4.78, 5) is 13.3. The van der Waals surface area contributed by atoms with Crippen LogP contribution in [0, 0.1) is 6.20 Å². The smallest absolute Gasteiger partial charge is 0.181 e. The van der Waals surface area contributed by atoms with Crippen LogP contribution in [-0.2, 0) is 19.4 Å². The maximum absolute atomic E-state index is 4.54. The maximum atomic E-state index is 4.54. The topological polar surface area (TPSA) is 43.6 Å². The van der Waals surface area contributed by atoms with Gasteiger partial charge in [-0.2, -0.15) is 0 Å². The third-order valence-corrected chi connectivity index (χ3v) is 4.31. The summed E-state index contributed by atoms with van der Waals surface area (Å²) in [7, 11) is 0. The highest BCUT2D eigenvalue weighted by Crippen LogP contribution is 2.12. The molecule has 0 atom stereocenters. The summed E-state index contributed by atoms with van der Waals surface area (Å²) in [6, 6.07) is 10.7. The van der Waals surface area contributed by atoms with Crippen LogP contribution in [0.4, 0.5) is 0 Å². The molecule has 3 aromatic rings. The van der Waals surface area contributed by atoms with E-state index < -0.39 is 0 Å². The van der Waals surface area contributed by atoms with Crippen molar-refractivity contribution in [2.45, 2.75) is 58.4 Å². The van der Waals surface area contributed by atoms with Crippen LogP contribution in [0.1, 0.15) is 50.4 Å². The molecule has 0 aliphatic carbocycles. The van der Waals surface area contributed by atoms with Crippen molar-refractivity contribution < 1.29 is 0 Å². The number of nitrogens with zero attached hydrogens (tertiary/aromatic N) is 4. The number of aryl methyl sites for hydroxylation is 3. The van der Waals surface area contributed by atoms with Gasteiger partial charge in [0.1, 0.15) is 17.5 Å². The van der Waals surface area contributed by atoms with Crippen molar-refractivity contribution >= 4 is 11.2 Å². The van der Waals surface area contributed by atoms with Crippen LogP contribution in [0.15, 0.2) is 36.7 Å². The van der Waals surface area contributed by atoms with E-state index in [-0.39, 0.29) is 0 Å². The Balaban J connectivity index is 1.48. The lowest BCUT2D eigenvalue weighted by atomic mass is 10.1. The zero-order valence-electron chi connectivity index (χ0n) is 14.4. The predicted octanol–water partition coefficient (Wildman–Crippen LogP) is 4.38. The number of unbranched alkanes of at least 4 members (excludes halogenated alkanes) is 3. The van der Waals surface area contributed by atoms with Gasteiger partial charge in [0.2, 0.25) is 0 Å². The SMILES string of the molecule is CCCCc1n[c]c2c(ncn2CCCCCc2ccccc2)n1. The van der Waals surface area contributed by atoms with Crippen molar-refractivity contribution in [2.75, 3.05) is 0 Å². The first-order valence-electron chi connectivity index (χ1n) is 9.00. The monoisotopic (exact) mass is 321 g/mol. The second-order valence-electron chi connectivity index (χ2n) is 6.26. The van der Waals surface area contributed by atoms with Crippen LogP contribution in [0.5, 0.6) is 0 Å². The predicted molar refractivity (Wildman–Crippen MR) is 96.8 cm³/mol. The van der Waals surface area contributed by atoms with Gasteiger partial charge in [0.15, 0.2) is 5.65 Å². The molecule has 4 heteroatoms. The molecular formula is C20H25N4. The van der Waals surface area contributed by atoms with E-state index in [2.05, 4.69) is 63.0 Å². The number of hydrogen-bond acceptors (Lipinski definition) is 3. The third kappa shape index (κ3) is 4.40. The lowest BCUT2D eigenvalue weighted by Gasteiger charge is -2.05.